The largest absolute Gasteiger partial charge is 0.341 e. The lowest BCUT2D eigenvalue weighted by Crippen LogP contribution is -2.49. The van der Waals surface area contributed by atoms with Crippen molar-refractivity contribution in [3.63, 3.8) is 0 Å². The van der Waals surface area contributed by atoms with Crippen LogP contribution in [0.1, 0.15) is 25.7 Å². The third-order valence-electron chi connectivity index (χ3n) is 5.08. The van der Waals surface area contributed by atoms with Crippen molar-refractivity contribution in [3.8, 4) is 12.3 Å². The Morgan fingerprint density at radius 3 is 2.52 bits per heavy atom. The molecule has 2 aliphatic heterocycles. The van der Waals surface area contributed by atoms with Crippen LogP contribution in [0.2, 0.25) is 0 Å². The highest BCUT2D eigenvalue weighted by Gasteiger charge is 2.36. The number of hydrogen-bond donors (Lipinski definition) is 0. The summed E-state index contributed by atoms with van der Waals surface area (Å²) >= 11 is 0. The molecule has 0 aliphatic carbocycles. The molecule has 2 heterocycles. The number of sulfonamides is 1. The summed E-state index contributed by atoms with van der Waals surface area (Å²) in [5.41, 5.74) is 0. The first-order valence-electron chi connectivity index (χ1n) is 8.82. The van der Waals surface area contributed by atoms with Crippen LogP contribution < -0.4 is 0 Å². The van der Waals surface area contributed by atoms with E-state index in [-0.39, 0.29) is 29.2 Å². The molecule has 5 nitrogen and oxygen atoms in total. The molecule has 6 heteroatoms. The molecule has 3 rings (SSSR count). The number of amides is 1. The van der Waals surface area contributed by atoms with Gasteiger partial charge in [-0.05, 0) is 37.8 Å². The summed E-state index contributed by atoms with van der Waals surface area (Å²) in [6.45, 7) is 2.04. The van der Waals surface area contributed by atoms with Crippen molar-refractivity contribution in [2.24, 2.45) is 11.8 Å². The Morgan fingerprint density at radius 2 is 1.80 bits per heavy atom. The number of likely N-dealkylation sites (tertiary alicyclic amines) is 1. The molecule has 0 radical (unpaired) electrons. The lowest BCUT2D eigenvalue weighted by Gasteiger charge is -2.37. The van der Waals surface area contributed by atoms with Crippen LogP contribution in [-0.4, -0.2) is 49.7 Å². The zero-order valence-electron chi connectivity index (χ0n) is 14.3. The van der Waals surface area contributed by atoms with Crippen LogP contribution in [0.4, 0.5) is 0 Å². The fourth-order valence-corrected chi connectivity index (χ4v) is 5.22. The Labute approximate surface area is 150 Å². The standard InChI is InChI=1S/C19H24N2O3S/c1-2-16-8-6-12-20(14-16)19(22)17-9-7-13-21(15-17)25(23,24)18-10-4-3-5-11-18/h1,3-5,10-11,16-17H,6-9,12-15H2/t16-,17+/m0/s1. The maximum Gasteiger partial charge on any atom is 0.243 e. The third kappa shape index (κ3) is 3.88. The molecule has 0 aromatic heterocycles. The van der Waals surface area contributed by atoms with E-state index < -0.39 is 10.0 Å². The van der Waals surface area contributed by atoms with Crippen LogP contribution in [-0.2, 0) is 14.8 Å². The van der Waals surface area contributed by atoms with E-state index in [9.17, 15) is 13.2 Å². The third-order valence-corrected chi connectivity index (χ3v) is 6.96. The molecule has 25 heavy (non-hydrogen) atoms. The number of piperidine rings is 2. The fourth-order valence-electron chi connectivity index (χ4n) is 3.68. The molecule has 0 spiro atoms. The Hall–Kier alpha value is -1.84. The van der Waals surface area contributed by atoms with E-state index in [1.807, 2.05) is 4.90 Å². The summed E-state index contributed by atoms with van der Waals surface area (Å²) in [4.78, 5) is 15.0. The molecule has 2 fully saturated rings. The summed E-state index contributed by atoms with van der Waals surface area (Å²) in [6, 6.07) is 8.42. The van der Waals surface area contributed by atoms with Crippen LogP contribution in [0.3, 0.4) is 0 Å². The SMILES string of the molecule is C#C[C@H]1CCCN(C(=O)[C@@H]2CCCN(S(=O)(=O)c3ccccc3)C2)C1. The van der Waals surface area contributed by atoms with Crippen LogP contribution in [0.15, 0.2) is 35.2 Å². The van der Waals surface area contributed by atoms with Gasteiger partial charge in [0, 0.05) is 32.1 Å². The van der Waals surface area contributed by atoms with Gasteiger partial charge in [0.05, 0.1) is 10.8 Å². The first-order chi connectivity index (χ1) is 12.0. The highest BCUT2D eigenvalue weighted by molar-refractivity contribution is 7.89. The van der Waals surface area contributed by atoms with Crippen molar-refractivity contribution < 1.29 is 13.2 Å². The van der Waals surface area contributed by atoms with Gasteiger partial charge in [-0.2, -0.15) is 4.31 Å². The summed E-state index contributed by atoms with van der Waals surface area (Å²) in [7, 11) is -3.54. The topological polar surface area (TPSA) is 57.7 Å². The second-order valence-corrected chi connectivity index (χ2v) is 8.74. The Balaban J connectivity index is 1.71. The number of benzene rings is 1. The van der Waals surface area contributed by atoms with E-state index >= 15 is 0 Å². The predicted octanol–water partition coefficient (Wildman–Crippen LogP) is 1.96. The second-order valence-electron chi connectivity index (χ2n) is 6.81. The lowest BCUT2D eigenvalue weighted by molar-refractivity contribution is -0.138. The molecule has 1 aromatic rings. The first kappa shape index (κ1) is 18.0. The smallest absolute Gasteiger partial charge is 0.243 e. The molecule has 0 bridgehead atoms. The maximum absolute atomic E-state index is 12.9. The van der Waals surface area contributed by atoms with Gasteiger partial charge in [0.15, 0.2) is 0 Å². The van der Waals surface area contributed by atoms with Gasteiger partial charge in [0.1, 0.15) is 0 Å². The van der Waals surface area contributed by atoms with Crippen molar-refractivity contribution >= 4 is 15.9 Å². The average Bonchev–Trinajstić information content (AvgIpc) is 2.68. The van der Waals surface area contributed by atoms with Crippen molar-refractivity contribution in [3.05, 3.63) is 30.3 Å². The number of hydrogen-bond acceptors (Lipinski definition) is 3. The highest BCUT2D eigenvalue weighted by Crippen LogP contribution is 2.26. The minimum absolute atomic E-state index is 0.0490. The van der Waals surface area contributed by atoms with Gasteiger partial charge in [0.2, 0.25) is 15.9 Å². The molecule has 2 aliphatic rings. The average molecular weight is 360 g/mol. The van der Waals surface area contributed by atoms with Crippen molar-refractivity contribution in [1.82, 2.24) is 9.21 Å². The van der Waals surface area contributed by atoms with Gasteiger partial charge in [-0.1, -0.05) is 18.2 Å². The van der Waals surface area contributed by atoms with Crippen molar-refractivity contribution in [2.45, 2.75) is 30.6 Å². The van der Waals surface area contributed by atoms with E-state index in [1.165, 1.54) is 4.31 Å². The molecule has 0 saturated carbocycles. The van der Waals surface area contributed by atoms with E-state index in [4.69, 9.17) is 6.42 Å². The molecule has 1 amide bonds. The summed E-state index contributed by atoms with van der Waals surface area (Å²) in [5.74, 6) is 2.64. The summed E-state index contributed by atoms with van der Waals surface area (Å²) in [5, 5.41) is 0. The number of carbonyl (C=O) groups excluding carboxylic acids is 1. The summed E-state index contributed by atoms with van der Waals surface area (Å²) < 4.78 is 27.1. The van der Waals surface area contributed by atoms with Gasteiger partial charge >= 0.3 is 0 Å². The molecule has 2 saturated heterocycles. The quantitative estimate of drug-likeness (QED) is 0.774. The highest BCUT2D eigenvalue weighted by atomic mass is 32.2. The zero-order valence-corrected chi connectivity index (χ0v) is 15.1. The van der Waals surface area contributed by atoms with Gasteiger partial charge in [-0.15, -0.1) is 12.3 Å². The monoisotopic (exact) mass is 360 g/mol. The van der Waals surface area contributed by atoms with Crippen LogP contribution >= 0.6 is 0 Å². The molecule has 2 atom stereocenters. The van der Waals surface area contributed by atoms with Crippen LogP contribution in [0, 0.1) is 24.2 Å². The second kappa shape index (κ2) is 7.59. The predicted molar refractivity (Wildman–Crippen MR) is 96.1 cm³/mol. The number of nitrogens with zero attached hydrogens (tertiary/aromatic N) is 2. The minimum Gasteiger partial charge on any atom is -0.341 e. The van der Waals surface area contributed by atoms with Crippen LogP contribution in [0.5, 0.6) is 0 Å². The van der Waals surface area contributed by atoms with E-state index in [2.05, 4.69) is 5.92 Å². The van der Waals surface area contributed by atoms with Gasteiger partial charge < -0.3 is 4.90 Å². The number of rotatable bonds is 3. The Kier molecular flexibility index (Phi) is 5.45. The van der Waals surface area contributed by atoms with E-state index in [1.54, 1.807) is 30.3 Å². The summed E-state index contributed by atoms with van der Waals surface area (Å²) in [6.07, 6.45) is 8.82. The molecule has 134 valence electrons. The van der Waals surface area contributed by atoms with Gasteiger partial charge in [-0.3, -0.25) is 4.79 Å². The molecular formula is C19H24N2O3S. The number of terminal acetylenes is 1. The Morgan fingerprint density at radius 1 is 1.08 bits per heavy atom. The molecule has 0 unspecified atom stereocenters. The Bertz CT molecular complexity index is 755. The maximum atomic E-state index is 12.9. The van der Waals surface area contributed by atoms with Crippen molar-refractivity contribution in [1.29, 1.82) is 0 Å². The van der Waals surface area contributed by atoms with Gasteiger partial charge in [0.25, 0.3) is 0 Å². The number of carbonyl (C=O) groups is 1. The molecule has 1 aromatic carbocycles. The fraction of sp³-hybridized carbons (Fsp3) is 0.526. The van der Waals surface area contributed by atoms with E-state index in [0.717, 1.165) is 25.8 Å². The normalized spacial score (nSPS) is 25.3. The lowest BCUT2D eigenvalue weighted by atomic mass is 9.94. The molecular weight excluding hydrogens is 336 g/mol. The van der Waals surface area contributed by atoms with E-state index in [0.29, 0.717) is 19.5 Å². The minimum atomic E-state index is -3.54. The van der Waals surface area contributed by atoms with Crippen LogP contribution in [0.25, 0.3) is 0 Å². The zero-order chi connectivity index (χ0) is 17.9. The van der Waals surface area contributed by atoms with Gasteiger partial charge in [-0.25, -0.2) is 8.42 Å². The first-order valence-corrected chi connectivity index (χ1v) is 10.3. The van der Waals surface area contributed by atoms with Crippen molar-refractivity contribution in [2.75, 3.05) is 26.2 Å². The molecule has 0 N–H and O–H groups in total.